The Labute approximate surface area is 139 Å². The summed E-state index contributed by atoms with van der Waals surface area (Å²) < 4.78 is 5.51. The predicted molar refractivity (Wildman–Crippen MR) is 89.3 cm³/mol. The van der Waals surface area contributed by atoms with Crippen LogP contribution in [0.25, 0.3) is 0 Å². The first-order valence-corrected chi connectivity index (χ1v) is 8.34. The zero-order valence-corrected chi connectivity index (χ0v) is 14.2. The number of hydrogen-bond donors (Lipinski definition) is 1. The zero-order chi connectivity index (χ0) is 15.9. The lowest BCUT2D eigenvalue weighted by Crippen LogP contribution is -2.18. The van der Waals surface area contributed by atoms with Gasteiger partial charge in [-0.25, -0.2) is 9.97 Å². The van der Waals surface area contributed by atoms with Crippen molar-refractivity contribution in [2.75, 3.05) is 12.4 Å². The summed E-state index contributed by atoms with van der Waals surface area (Å²) in [7, 11) is 0. The van der Waals surface area contributed by atoms with Crippen molar-refractivity contribution in [2.24, 2.45) is 0 Å². The van der Waals surface area contributed by atoms with Crippen molar-refractivity contribution < 1.29 is 9.84 Å². The Hall–Kier alpha value is -1.14. The molecule has 0 spiro atoms. The van der Waals surface area contributed by atoms with E-state index in [0.29, 0.717) is 22.5 Å². The van der Waals surface area contributed by atoms with Crippen LogP contribution >= 0.6 is 23.4 Å². The van der Waals surface area contributed by atoms with Crippen LogP contribution in [0.15, 0.2) is 35.5 Å². The average molecular weight is 339 g/mol. The van der Waals surface area contributed by atoms with Crippen molar-refractivity contribution >= 4 is 23.4 Å². The molecule has 1 N–H and O–H groups in total. The highest BCUT2D eigenvalue weighted by molar-refractivity contribution is 7.99. The van der Waals surface area contributed by atoms with E-state index in [0.717, 1.165) is 17.0 Å². The van der Waals surface area contributed by atoms with Crippen molar-refractivity contribution in [3.05, 3.63) is 52.3 Å². The minimum absolute atomic E-state index is 0.278. The first kappa shape index (κ1) is 17.2. The van der Waals surface area contributed by atoms with Crippen molar-refractivity contribution in [3.8, 4) is 0 Å². The standard InChI is InChI=1S/C16H19ClN2O2S/c1-11-7-12(2)19-16(18-11)22-10-15(20)9-21-8-13-3-5-14(17)6-4-13/h3-7,15,20H,8-10H2,1-2H3/t15-/m1/s1. The molecule has 0 aliphatic rings. The minimum Gasteiger partial charge on any atom is -0.390 e. The Morgan fingerprint density at radius 3 is 2.45 bits per heavy atom. The summed E-state index contributed by atoms with van der Waals surface area (Å²) >= 11 is 7.26. The molecular formula is C16H19ClN2O2S. The van der Waals surface area contributed by atoms with Crippen LogP contribution in [-0.4, -0.2) is 33.5 Å². The fraction of sp³-hybridized carbons (Fsp3) is 0.375. The molecule has 4 nitrogen and oxygen atoms in total. The summed E-state index contributed by atoms with van der Waals surface area (Å²) in [6.45, 7) is 4.61. The van der Waals surface area contributed by atoms with Gasteiger partial charge in [-0.2, -0.15) is 0 Å². The van der Waals surface area contributed by atoms with Crippen LogP contribution < -0.4 is 0 Å². The fourth-order valence-electron chi connectivity index (χ4n) is 1.87. The van der Waals surface area contributed by atoms with Crippen molar-refractivity contribution in [3.63, 3.8) is 0 Å². The maximum absolute atomic E-state index is 9.95. The second-order valence-electron chi connectivity index (χ2n) is 5.04. The molecule has 6 heteroatoms. The van der Waals surface area contributed by atoms with Crippen LogP contribution in [0.4, 0.5) is 0 Å². The normalized spacial score (nSPS) is 12.4. The molecule has 2 aromatic rings. The van der Waals surface area contributed by atoms with Crippen LogP contribution in [-0.2, 0) is 11.3 Å². The van der Waals surface area contributed by atoms with Gasteiger partial charge in [0.05, 0.1) is 19.3 Å². The summed E-state index contributed by atoms with van der Waals surface area (Å²) in [6, 6.07) is 9.39. The molecule has 118 valence electrons. The Morgan fingerprint density at radius 1 is 1.18 bits per heavy atom. The number of aliphatic hydroxyl groups is 1. The molecule has 1 heterocycles. The van der Waals surface area contributed by atoms with E-state index < -0.39 is 6.10 Å². The van der Waals surface area contributed by atoms with Gasteiger partial charge in [-0.1, -0.05) is 35.5 Å². The van der Waals surface area contributed by atoms with Gasteiger partial charge in [0, 0.05) is 22.2 Å². The molecule has 0 radical (unpaired) electrons. The van der Waals surface area contributed by atoms with E-state index in [9.17, 15) is 5.11 Å². The first-order chi connectivity index (χ1) is 10.5. The second-order valence-corrected chi connectivity index (χ2v) is 6.46. The number of benzene rings is 1. The molecule has 0 amide bonds. The van der Waals surface area contributed by atoms with E-state index in [4.69, 9.17) is 16.3 Å². The number of aromatic nitrogens is 2. The fourth-order valence-corrected chi connectivity index (χ4v) is 2.85. The highest BCUT2D eigenvalue weighted by Gasteiger charge is 2.08. The number of aliphatic hydroxyl groups excluding tert-OH is 1. The molecule has 0 saturated carbocycles. The summed E-state index contributed by atoms with van der Waals surface area (Å²) in [5.74, 6) is 0.503. The molecule has 1 aromatic heterocycles. The maximum Gasteiger partial charge on any atom is 0.188 e. The monoisotopic (exact) mass is 338 g/mol. The molecule has 2 rings (SSSR count). The van der Waals surface area contributed by atoms with Gasteiger partial charge in [-0.3, -0.25) is 0 Å². The van der Waals surface area contributed by atoms with E-state index in [-0.39, 0.29) is 6.61 Å². The van der Waals surface area contributed by atoms with Crippen LogP contribution in [0.3, 0.4) is 0 Å². The van der Waals surface area contributed by atoms with E-state index in [1.165, 1.54) is 11.8 Å². The summed E-state index contributed by atoms with van der Waals surface area (Å²) in [5.41, 5.74) is 2.90. The third-order valence-electron chi connectivity index (χ3n) is 2.86. The minimum atomic E-state index is -0.554. The van der Waals surface area contributed by atoms with E-state index >= 15 is 0 Å². The molecule has 1 atom stereocenters. The maximum atomic E-state index is 9.95. The number of halogens is 1. The summed E-state index contributed by atoms with van der Waals surface area (Å²) in [5, 5.41) is 11.3. The van der Waals surface area contributed by atoms with E-state index in [2.05, 4.69) is 9.97 Å². The quantitative estimate of drug-likeness (QED) is 0.619. The Bertz CT molecular complexity index is 587. The molecule has 0 fully saturated rings. The van der Waals surface area contributed by atoms with Crippen LogP contribution in [0.5, 0.6) is 0 Å². The molecule has 0 aliphatic carbocycles. The summed E-state index contributed by atoms with van der Waals surface area (Å²) in [6.07, 6.45) is -0.554. The number of ether oxygens (including phenoxy) is 1. The van der Waals surface area contributed by atoms with Gasteiger partial charge >= 0.3 is 0 Å². The number of rotatable bonds is 7. The first-order valence-electron chi connectivity index (χ1n) is 6.98. The van der Waals surface area contributed by atoms with E-state index in [1.54, 1.807) is 0 Å². The topological polar surface area (TPSA) is 55.2 Å². The molecule has 0 unspecified atom stereocenters. The van der Waals surface area contributed by atoms with Gasteiger partial charge in [0.1, 0.15) is 0 Å². The van der Waals surface area contributed by atoms with Gasteiger partial charge in [-0.05, 0) is 37.6 Å². The van der Waals surface area contributed by atoms with Gasteiger partial charge in [0.2, 0.25) is 0 Å². The smallest absolute Gasteiger partial charge is 0.188 e. The zero-order valence-electron chi connectivity index (χ0n) is 12.6. The lowest BCUT2D eigenvalue weighted by Gasteiger charge is -2.11. The van der Waals surface area contributed by atoms with Crippen LogP contribution in [0.1, 0.15) is 17.0 Å². The van der Waals surface area contributed by atoms with Crippen LogP contribution in [0, 0.1) is 13.8 Å². The number of hydrogen-bond acceptors (Lipinski definition) is 5. The Kier molecular flexibility index (Phi) is 6.64. The largest absolute Gasteiger partial charge is 0.390 e. The van der Waals surface area contributed by atoms with Gasteiger partial charge in [-0.15, -0.1) is 0 Å². The number of aryl methyl sites for hydroxylation is 2. The highest BCUT2D eigenvalue weighted by Crippen LogP contribution is 2.16. The van der Waals surface area contributed by atoms with Gasteiger partial charge in [0.25, 0.3) is 0 Å². The molecule has 0 bridgehead atoms. The van der Waals surface area contributed by atoms with Crippen molar-refractivity contribution in [1.29, 1.82) is 0 Å². The second kappa shape index (κ2) is 8.48. The SMILES string of the molecule is Cc1cc(C)nc(SC[C@H](O)COCc2ccc(Cl)cc2)n1. The number of nitrogens with zero attached hydrogens (tertiary/aromatic N) is 2. The third kappa shape index (κ3) is 5.93. The Balaban J connectivity index is 1.71. The average Bonchev–Trinajstić information content (AvgIpc) is 2.46. The Morgan fingerprint density at radius 2 is 1.82 bits per heavy atom. The van der Waals surface area contributed by atoms with Crippen molar-refractivity contribution in [1.82, 2.24) is 9.97 Å². The van der Waals surface area contributed by atoms with E-state index in [1.807, 2.05) is 44.2 Å². The van der Waals surface area contributed by atoms with Crippen LogP contribution in [0.2, 0.25) is 5.02 Å². The lowest BCUT2D eigenvalue weighted by atomic mass is 10.2. The third-order valence-corrected chi connectivity index (χ3v) is 4.10. The van der Waals surface area contributed by atoms with Gasteiger partial charge in [0.15, 0.2) is 5.16 Å². The number of thioether (sulfide) groups is 1. The van der Waals surface area contributed by atoms with Gasteiger partial charge < -0.3 is 9.84 Å². The molecule has 1 aromatic carbocycles. The molecular weight excluding hydrogens is 320 g/mol. The predicted octanol–water partition coefficient (Wildman–Crippen LogP) is 3.42. The molecule has 22 heavy (non-hydrogen) atoms. The highest BCUT2D eigenvalue weighted by atomic mass is 35.5. The molecule has 0 aliphatic heterocycles. The molecule has 0 saturated heterocycles. The van der Waals surface area contributed by atoms with Crippen molar-refractivity contribution in [2.45, 2.75) is 31.7 Å². The summed E-state index contributed by atoms with van der Waals surface area (Å²) in [4.78, 5) is 8.66. The lowest BCUT2D eigenvalue weighted by molar-refractivity contribution is 0.0398.